The standard InChI is InChI=1S/C14H18N2O4/c1-19-14(18)16(11-7-3-2-4-8-11)13(17)15-12-9-5-6-10-20-12/h2-4,7-8,12H,5-6,9-10H2,1H3,(H,15,17). The first-order valence-corrected chi connectivity index (χ1v) is 6.57. The lowest BCUT2D eigenvalue weighted by molar-refractivity contribution is 0.00294. The van der Waals surface area contributed by atoms with Crippen LogP contribution in [0.4, 0.5) is 15.3 Å². The summed E-state index contributed by atoms with van der Waals surface area (Å²) in [6, 6.07) is 8.08. The fraction of sp³-hybridized carbons (Fsp3) is 0.429. The second kappa shape index (κ2) is 6.91. The number of nitrogens with one attached hydrogen (secondary N) is 1. The fourth-order valence-electron chi connectivity index (χ4n) is 2.03. The van der Waals surface area contributed by atoms with Gasteiger partial charge in [-0.15, -0.1) is 0 Å². The molecule has 1 unspecified atom stereocenters. The van der Waals surface area contributed by atoms with Crippen molar-refractivity contribution in [2.24, 2.45) is 0 Å². The third kappa shape index (κ3) is 3.48. The maximum Gasteiger partial charge on any atom is 0.422 e. The van der Waals surface area contributed by atoms with Gasteiger partial charge in [0.15, 0.2) is 0 Å². The van der Waals surface area contributed by atoms with Crippen LogP contribution in [-0.2, 0) is 9.47 Å². The van der Waals surface area contributed by atoms with Gasteiger partial charge in [0.25, 0.3) is 0 Å². The summed E-state index contributed by atoms with van der Waals surface area (Å²) < 4.78 is 10.1. The molecule has 1 aliphatic heterocycles. The number of amides is 3. The molecule has 1 N–H and O–H groups in total. The van der Waals surface area contributed by atoms with Gasteiger partial charge in [-0.3, -0.25) is 0 Å². The van der Waals surface area contributed by atoms with Gasteiger partial charge in [0.05, 0.1) is 12.8 Å². The van der Waals surface area contributed by atoms with Crippen LogP contribution in [-0.4, -0.2) is 32.1 Å². The van der Waals surface area contributed by atoms with Crippen molar-refractivity contribution >= 4 is 17.8 Å². The zero-order valence-electron chi connectivity index (χ0n) is 11.4. The first kappa shape index (κ1) is 14.3. The molecular formula is C14H18N2O4. The number of anilines is 1. The third-order valence-electron chi connectivity index (χ3n) is 3.04. The van der Waals surface area contributed by atoms with Crippen molar-refractivity contribution in [3.8, 4) is 0 Å². The molecule has 1 atom stereocenters. The Bertz CT molecular complexity index is 458. The van der Waals surface area contributed by atoms with Gasteiger partial charge in [0.2, 0.25) is 0 Å². The second-order valence-corrected chi connectivity index (χ2v) is 4.45. The van der Waals surface area contributed by atoms with Crippen molar-refractivity contribution < 1.29 is 19.1 Å². The minimum atomic E-state index is -0.732. The van der Waals surface area contributed by atoms with E-state index in [4.69, 9.17) is 4.74 Å². The highest BCUT2D eigenvalue weighted by Crippen LogP contribution is 2.16. The smallest absolute Gasteiger partial charge is 0.422 e. The number of hydrogen-bond donors (Lipinski definition) is 1. The summed E-state index contributed by atoms with van der Waals surface area (Å²) in [6.07, 6.45) is 1.65. The van der Waals surface area contributed by atoms with Crippen LogP contribution in [0.25, 0.3) is 0 Å². The van der Waals surface area contributed by atoms with E-state index in [9.17, 15) is 9.59 Å². The molecule has 6 heteroatoms. The number of methoxy groups -OCH3 is 1. The van der Waals surface area contributed by atoms with Crippen LogP contribution in [0, 0.1) is 0 Å². The molecule has 1 saturated heterocycles. The summed E-state index contributed by atoms with van der Waals surface area (Å²) in [5.41, 5.74) is 0.452. The average molecular weight is 278 g/mol. The number of nitrogens with zero attached hydrogens (tertiary/aromatic N) is 1. The lowest BCUT2D eigenvalue weighted by Crippen LogP contribution is -2.49. The van der Waals surface area contributed by atoms with Gasteiger partial charge in [-0.1, -0.05) is 18.2 Å². The summed E-state index contributed by atoms with van der Waals surface area (Å²) in [5.74, 6) is 0. The highest BCUT2D eigenvalue weighted by molar-refractivity contribution is 6.11. The molecule has 1 heterocycles. The van der Waals surface area contributed by atoms with Crippen LogP contribution in [0.1, 0.15) is 19.3 Å². The Morgan fingerprint density at radius 3 is 2.65 bits per heavy atom. The monoisotopic (exact) mass is 278 g/mol. The molecule has 108 valence electrons. The molecule has 0 saturated carbocycles. The molecule has 1 aromatic carbocycles. The number of ether oxygens (including phenoxy) is 2. The molecule has 0 radical (unpaired) electrons. The van der Waals surface area contributed by atoms with Gasteiger partial charge >= 0.3 is 12.1 Å². The molecule has 20 heavy (non-hydrogen) atoms. The Morgan fingerprint density at radius 1 is 1.30 bits per heavy atom. The van der Waals surface area contributed by atoms with E-state index < -0.39 is 12.1 Å². The summed E-state index contributed by atoms with van der Waals surface area (Å²) in [5, 5.41) is 2.70. The molecule has 1 aromatic rings. The first-order chi connectivity index (χ1) is 9.72. The van der Waals surface area contributed by atoms with E-state index in [2.05, 4.69) is 10.1 Å². The zero-order chi connectivity index (χ0) is 14.4. The zero-order valence-corrected chi connectivity index (χ0v) is 11.4. The molecule has 1 aliphatic rings. The molecule has 0 aromatic heterocycles. The van der Waals surface area contributed by atoms with Gasteiger partial charge < -0.3 is 14.8 Å². The van der Waals surface area contributed by atoms with E-state index in [0.717, 1.165) is 24.2 Å². The predicted molar refractivity (Wildman–Crippen MR) is 73.4 cm³/mol. The SMILES string of the molecule is COC(=O)N(C(=O)NC1CCCCO1)c1ccccc1. The van der Waals surface area contributed by atoms with E-state index >= 15 is 0 Å². The molecule has 6 nitrogen and oxygen atoms in total. The van der Waals surface area contributed by atoms with Gasteiger partial charge in [0.1, 0.15) is 6.23 Å². The number of urea groups is 1. The lowest BCUT2D eigenvalue weighted by atomic mass is 10.2. The van der Waals surface area contributed by atoms with Crippen molar-refractivity contribution in [2.45, 2.75) is 25.5 Å². The predicted octanol–water partition coefficient (Wildman–Crippen LogP) is 2.50. The topological polar surface area (TPSA) is 67.9 Å². The maximum atomic E-state index is 12.2. The van der Waals surface area contributed by atoms with Gasteiger partial charge in [0, 0.05) is 6.61 Å². The molecule has 3 amide bonds. The number of benzene rings is 1. The Hall–Kier alpha value is -2.08. The van der Waals surface area contributed by atoms with Gasteiger partial charge in [-0.2, -0.15) is 4.90 Å². The van der Waals surface area contributed by atoms with Crippen molar-refractivity contribution in [1.29, 1.82) is 0 Å². The molecular weight excluding hydrogens is 260 g/mol. The number of rotatable bonds is 2. The Labute approximate surface area is 117 Å². The van der Waals surface area contributed by atoms with E-state index in [1.165, 1.54) is 7.11 Å². The van der Waals surface area contributed by atoms with Crippen LogP contribution < -0.4 is 10.2 Å². The van der Waals surface area contributed by atoms with Crippen molar-refractivity contribution in [1.82, 2.24) is 5.32 Å². The quantitative estimate of drug-likeness (QED) is 0.902. The number of para-hydroxylation sites is 1. The highest BCUT2D eigenvalue weighted by Gasteiger charge is 2.27. The summed E-state index contributed by atoms with van der Waals surface area (Å²) in [4.78, 5) is 25.0. The van der Waals surface area contributed by atoms with Crippen molar-refractivity contribution in [3.05, 3.63) is 30.3 Å². The minimum absolute atomic E-state index is 0.355. The Balaban J connectivity index is 2.10. The number of carbonyl (C=O) groups excluding carboxylic acids is 2. The highest BCUT2D eigenvalue weighted by atomic mass is 16.5. The van der Waals surface area contributed by atoms with Gasteiger partial charge in [-0.25, -0.2) is 9.59 Å². The molecule has 0 aliphatic carbocycles. The molecule has 0 spiro atoms. The molecule has 2 rings (SSSR count). The van der Waals surface area contributed by atoms with E-state index in [-0.39, 0.29) is 6.23 Å². The average Bonchev–Trinajstić information content (AvgIpc) is 2.49. The molecule has 1 fully saturated rings. The number of carbonyl (C=O) groups is 2. The lowest BCUT2D eigenvalue weighted by Gasteiger charge is -2.26. The summed E-state index contributed by atoms with van der Waals surface area (Å²) in [6.45, 7) is 0.620. The van der Waals surface area contributed by atoms with Crippen LogP contribution in [0.5, 0.6) is 0 Å². The normalized spacial score (nSPS) is 18.1. The van der Waals surface area contributed by atoms with Crippen molar-refractivity contribution in [2.75, 3.05) is 18.6 Å². The number of hydrogen-bond acceptors (Lipinski definition) is 4. The fourth-order valence-corrected chi connectivity index (χ4v) is 2.03. The first-order valence-electron chi connectivity index (χ1n) is 6.57. The largest absolute Gasteiger partial charge is 0.452 e. The van der Waals surface area contributed by atoms with Crippen molar-refractivity contribution in [3.63, 3.8) is 0 Å². The van der Waals surface area contributed by atoms with E-state index in [0.29, 0.717) is 12.3 Å². The Kier molecular flexibility index (Phi) is 4.95. The second-order valence-electron chi connectivity index (χ2n) is 4.45. The molecule has 0 bridgehead atoms. The Morgan fingerprint density at radius 2 is 2.05 bits per heavy atom. The minimum Gasteiger partial charge on any atom is -0.452 e. The van der Waals surface area contributed by atoms with E-state index in [1.54, 1.807) is 30.3 Å². The summed E-state index contributed by atoms with van der Waals surface area (Å²) >= 11 is 0. The van der Waals surface area contributed by atoms with Gasteiger partial charge in [-0.05, 0) is 31.4 Å². The van der Waals surface area contributed by atoms with E-state index in [1.807, 2.05) is 0 Å². The van der Waals surface area contributed by atoms with Crippen LogP contribution in [0.2, 0.25) is 0 Å². The van der Waals surface area contributed by atoms with Crippen LogP contribution in [0.15, 0.2) is 30.3 Å². The number of imide groups is 1. The van der Waals surface area contributed by atoms with Crippen LogP contribution >= 0.6 is 0 Å². The van der Waals surface area contributed by atoms with Crippen LogP contribution in [0.3, 0.4) is 0 Å². The maximum absolute atomic E-state index is 12.2. The summed E-state index contributed by atoms with van der Waals surface area (Å²) in [7, 11) is 1.24. The third-order valence-corrected chi connectivity index (χ3v) is 3.04.